The van der Waals surface area contributed by atoms with Gasteiger partial charge in [-0.25, -0.2) is 9.97 Å². The predicted molar refractivity (Wildman–Crippen MR) is 171 cm³/mol. The second-order valence-electron chi connectivity index (χ2n) is 9.03. The highest BCUT2D eigenvalue weighted by Crippen LogP contribution is 2.43. The van der Waals surface area contributed by atoms with Crippen LogP contribution in [-0.2, 0) is 11.2 Å². The van der Waals surface area contributed by atoms with E-state index in [1.807, 2.05) is 53.9 Å². The van der Waals surface area contributed by atoms with Crippen LogP contribution in [0.25, 0.3) is 21.1 Å². The minimum absolute atomic E-state index is 0.0874. The Morgan fingerprint density at radius 2 is 1.71 bits per heavy atom. The number of anilines is 4. The summed E-state index contributed by atoms with van der Waals surface area (Å²) in [6.07, 6.45) is 0.888. The van der Waals surface area contributed by atoms with Crippen molar-refractivity contribution in [2.75, 3.05) is 37.7 Å². The van der Waals surface area contributed by atoms with Crippen LogP contribution in [0.15, 0.2) is 66.0 Å². The molecule has 5 rings (SSSR count). The van der Waals surface area contributed by atoms with Crippen LogP contribution in [0.4, 0.5) is 22.3 Å². The number of nitrogens with one attached hydrogen (secondary N) is 2. The Labute approximate surface area is 256 Å². The summed E-state index contributed by atoms with van der Waals surface area (Å²) < 4.78 is 16.3. The molecule has 0 aliphatic rings. The smallest absolute Gasteiger partial charge is 0.224 e. The van der Waals surface area contributed by atoms with Crippen LogP contribution in [0.2, 0.25) is 5.02 Å². The molecule has 0 radical (unpaired) electrons. The maximum absolute atomic E-state index is 12.6. The molecule has 0 spiro atoms. The van der Waals surface area contributed by atoms with Gasteiger partial charge in [-0.2, -0.15) is 0 Å². The second-order valence-corrected chi connectivity index (χ2v) is 11.3. The van der Waals surface area contributed by atoms with Crippen LogP contribution in [0.1, 0.15) is 12.0 Å². The van der Waals surface area contributed by atoms with Gasteiger partial charge in [-0.15, -0.1) is 11.3 Å². The fourth-order valence-corrected chi connectivity index (χ4v) is 6.32. The van der Waals surface area contributed by atoms with Crippen molar-refractivity contribution in [3.63, 3.8) is 0 Å². The summed E-state index contributed by atoms with van der Waals surface area (Å²) in [5.41, 5.74) is 10.3. The number of hydrogen-bond acceptors (Lipinski definition) is 10. The number of rotatable bonds is 11. The number of benzene rings is 3. The highest BCUT2D eigenvalue weighted by Gasteiger charge is 2.18. The number of aryl methyl sites for hydroxylation is 1. The first kappa shape index (κ1) is 29.2. The summed E-state index contributed by atoms with van der Waals surface area (Å²) >= 11 is 9.08. The number of halogens is 1. The number of ether oxygens (including phenoxy) is 3. The fraction of sp³-hybridized carbons (Fsp3) is 0.167. The van der Waals surface area contributed by atoms with E-state index in [0.29, 0.717) is 57.4 Å². The number of carbonyl (C=O) groups is 1. The molecule has 0 aliphatic heterocycles. The summed E-state index contributed by atoms with van der Waals surface area (Å²) in [6.45, 7) is 0. The normalized spacial score (nSPS) is 10.8. The molecule has 0 aliphatic carbocycles. The summed E-state index contributed by atoms with van der Waals surface area (Å²) in [5, 5.41) is 10.2. The summed E-state index contributed by atoms with van der Waals surface area (Å²) in [6, 6.07) is 18.7. The third kappa shape index (κ3) is 6.59. The van der Waals surface area contributed by atoms with E-state index < -0.39 is 0 Å². The molecule has 0 saturated heterocycles. The van der Waals surface area contributed by atoms with Crippen LogP contribution in [-0.4, -0.2) is 37.2 Å². The number of aromatic nitrogens is 2. The first-order valence-electron chi connectivity index (χ1n) is 12.8. The highest BCUT2D eigenvalue weighted by molar-refractivity contribution is 7.23. The first-order valence-corrected chi connectivity index (χ1v) is 14.9. The minimum atomic E-state index is -0.0874. The SMILES string of the molecule is COc1cc(Nc2nc(N)c(-c3nc(-c4cccc(NC(=O)CCc5ccccc5Cl)c4)cs3)s2)cc(OC)c1OC. The third-order valence-corrected chi connectivity index (χ3v) is 8.64. The van der Waals surface area contributed by atoms with E-state index >= 15 is 0 Å². The molecule has 42 heavy (non-hydrogen) atoms. The molecule has 0 bridgehead atoms. The molecule has 1 amide bonds. The average Bonchev–Trinajstić information content (AvgIpc) is 3.63. The number of hydrogen-bond donors (Lipinski definition) is 3. The summed E-state index contributed by atoms with van der Waals surface area (Å²) in [5.74, 6) is 1.83. The molecule has 0 saturated carbocycles. The molecule has 0 fully saturated rings. The quantitative estimate of drug-likeness (QED) is 0.139. The van der Waals surface area contributed by atoms with Crippen LogP contribution < -0.4 is 30.6 Å². The molecule has 12 heteroatoms. The Kier molecular flexibility index (Phi) is 9.11. The number of nitrogens with two attached hydrogens (primary N) is 1. The Bertz CT molecular complexity index is 1700. The first-order chi connectivity index (χ1) is 20.4. The number of nitrogens with zero attached hydrogens (tertiary/aromatic N) is 2. The lowest BCUT2D eigenvalue weighted by Crippen LogP contribution is -2.12. The summed E-state index contributed by atoms with van der Waals surface area (Å²) in [7, 11) is 4.68. The van der Waals surface area contributed by atoms with Crippen molar-refractivity contribution in [2.45, 2.75) is 12.8 Å². The van der Waals surface area contributed by atoms with E-state index in [0.717, 1.165) is 26.7 Å². The molecule has 0 atom stereocenters. The Morgan fingerprint density at radius 1 is 0.952 bits per heavy atom. The molecule has 9 nitrogen and oxygen atoms in total. The van der Waals surface area contributed by atoms with E-state index in [9.17, 15) is 4.79 Å². The lowest BCUT2D eigenvalue weighted by atomic mass is 10.1. The molecule has 2 aromatic heterocycles. The Hall–Kier alpha value is -4.32. The second kappa shape index (κ2) is 13.1. The molecule has 4 N–H and O–H groups in total. The van der Waals surface area contributed by atoms with Gasteiger partial charge in [0, 0.05) is 45.9 Å². The monoisotopic (exact) mass is 621 g/mol. The van der Waals surface area contributed by atoms with Crippen LogP contribution in [0.5, 0.6) is 17.2 Å². The van der Waals surface area contributed by atoms with E-state index in [-0.39, 0.29) is 5.91 Å². The van der Waals surface area contributed by atoms with Crippen LogP contribution in [0, 0.1) is 0 Å². The topological polar surface area (TPSA) is 121 Å². The zero-order chi connectivity index (χ0) is 29.6. The van der Waals surface area contributed by atoms with Gasteiger partial charge in [0.1, 0.15) is 15.7 Å². The summed E-state index contributed by atoms with van der Waals surface area (Å²) in [4.78, 5) is 22.7. The van der Waals surface area contributed by atoms with Gasteiger partial charge in [0.05, 0.1) is 27.0 Å². The van der Waals surface area contributed by atoms with Gasteiger partial charge in [0.2, 0.25) is 11.7 Å². The zero-order valence-electron chi connectivity index (χ0n) is 23.1. The molecule has 2 heterocycles. The maximum atomic E-state index is 12.6. The van der Waals surface area contributed by atoms with E-state index in [1.165, 1.54) is 22.7 Å². The zero-order valence-corrected chi connectivity index (χ0v) is 25.5. The van der Waals surface area contributed by atoms with Crippen LogP contribution >= 0.6 is 34.3 Å². The van der Waals surface area contributed by atoms with Gasteiger partial charge in [-0.05, 0) is 30.2 Å². The molecular formula is C30H28ClN5O4S2. The number of thiazole rings is 2. The van der Waals surface area contributed by atoms with Crippen molar-refractivity contribution in [3.8, 4) is 38.4 Å². The van der Waals surface area contributed by atoms with Gasteiger partial charge in [0.15, 0.2) is 16.6 Å². The lowest BCUT2D eigenvalue weighted by molar-refractivity contribution is -0.116. The standard InChI is InChI=1S/C30H28ClN5O4S2/c1-38-23-14-20(15-24(39-2)26(23)40-3)34-30-36-28(32)27(42-30)29-35-22(16-41-29)18-8-6-9-19(13-18)33-25(37)12-11-17-7-4-5-10-21(17)31/h4-10,13-16H,11-12,32H2,1-3H3,(H,33,37)(H,34,36). The molecule has 3 aromatic carbocycles. The van der Waals surface area contributed by atoms with Crippen molar-refractivity contribution < 1.29 is 19.0 Å². The lowest BCUT2D eigenvalue weighted by Gasteiger charge is -2.14. The van der Waals surface area contributed by atoms with Crippen molar-refractivity contribution in [1.29, 1.82) is 0 Å². The minimum Gasteiger partial charge on any atom is -0.493 e. The average molecular weight is 622 g/mol. The van der Waals surface area contributed by atoms with Crippen molar-refractivity contribution >= 4 is 62.5 Å². The molecule has 0 unspecified atom stereocenters. The Morgan fingerprint density at radius 3 is 2.43 bits per heavy atom. The van der Waals surface area contributed by atoms with Gasteiger partial charge in [0.25, 0.3) is 0 Å². The number of amides is 1. The van der Waals surface area contributed by atoms with Crippen LogP contribution in [0.3, 0.4) is 0 Å². The number of nitrogen functional groups attached to an aromatic ring is 1. The van der Waals surface area contributed by atoms with E-state index in [1.54, 1.807) is 33.5 Å². The van der Waals surface area contributed by atoms with Gasteiger partial charge < -0.3 is 30.6 Å². The third-order valence-electron chi connectivity index (χ3n) is 6.29. The van der Waals surface area contributed by atoms with E-state index in [2.05, 4.69) is 15.6 Å². The van der Waals surface area contributed by atoms with Gasteiger partial charge in [-0.1, -0.05) is 53.3 Å². The molecule has 5 aromatic rings. The molecular weight excluding hydrogens is 594 g/mol. The maximum Gasteiger partial charge on any atom is 0.224 e. The largest absolute Gasteiger partial charge is 0.493 e. The molecule has 216 valence electrons. The Balaban J connectivity index is 1.28. The fourth-order valence-electron chi connectivity index (χ4n) is 4.26. The van der Waals surface area contributed by atoms with Crippen molar-refractivity contribution in [2.24, 2.45) is 0 Å². The number of carbonyl (C=O) groups excluding carboxylic acids is 1. The van der Waals surface area contributed by atoms with Gasteiger partial charge >= 0.3 is 0 Å². The van der Waals surface area contributed by atoms with Crippen molar-refractivity contribution in [3.05, 3.63) is 76.6 Å². The van der Waals surface area contributed by atoms with E-state index in [4.69, 9.17) is 36.5 Å². The van der Waals surface area contributed by atoms with Crippen molar-refractivity contribution in [1.82, 2.24) is 9.97 Å². The number of methoxy groups -OCH3 is 3. The predicted octanol–water partition coefficient (Wildman–Crippen LogP) is 7.51. The highest BCUT2D eigenvalue weighted by atomic mass is 35.5. The van der Waals surface area contributed by atoms with Gasteiger partial charge in [-0.3, -0.25) is 4.79 Å².